The predicted octanol–water partition coefficient (Wildman–Crippen LogP) is 1.42. The summed E-state index contributed by atoms with van der Waals surface area (Å²) < 4.78 is 5.40. The van der Waals surface area contributed by atoms with Gasteiger partial charge in [0.2, 0.25) is 5.91 Å². The summed E-state index contributed by atoms with van der Waals surface area (Å²) in [6.07, 6.45) is 1.46. The van der Waals surface area contributed by atoms with E-state index in [1.807, 2.05) is 44.2 Å². The Morgan fingerprint density at radius 1 is 1.14 bits per heavy atom. The van der Waals surface area contributed by atoms with Gasteiger partial charge in [-0.15, -0.1) is 0 Å². The molecule has 1 saturated heterocycles. The van der Waals surface area contributed by atoms with Gasteiger partial charge in [0.15, 0.2) is 0 Å². The highest BCUT2D eigenvalue weighted by atomic mass is 16.6. The molecule has 6 N–H and O–H groups in total. The average Bonchev–Trinajstić information content (AvgIpc) is 2.83. The van der Waals surface area contributed by atoms with Gasteiger partial charge in [-0.3, -0.25) is 4.79 Å². The van der Waals surface area contributed by atoms with Crippen molar-refractivity contribution < 1.29 is 29.0 Å². The van der Waals surface area contributed by atoms with E-state index in [-0.39, 0.29) is 43.5 Å². The lowest BCUT2D eigenvalue weighted by Gasteiger charge is -2.35. The van der Waals surface area contributed by atoms with E-state index < -0.39 is 24.1 Å². The van der Waals surface area contributed by atoms with Crippen LogP contribution in [-0.2, 0) is 20.9 Å². The van der Waals surface area contributed by atoms with Crippen LogP contribution in [0.1, 0.15) is 45.1 Å². The minimum atomic E-state index is -1.14. The van der Waals surface area contributed by atoms with Crippen LogP contribution in [0, 0.1) is 5.92 Å². The summed E-state index contributed by atoms with van der Waals surface area (Å²) in [7, 11) is 0. The molecule has 2 atom stereocenters. The van der Waals surface area contributed by atoms with Gasteiger partial charge >= 0.3 is 18.1 Å². The van der Waals surface area contributed by atoms with Gasteiger partial charge in [-0.25, -0.2) is 14.4 Å². The first-order valence-corrected chi connectivity index (χ1v) is 12.0. The van der Waals surface area contributed by atoms with Crippen LogP contribution in [0.4, 0.5) is 9.59 Å². The van der Waals surface area contributed by atoms with Crippen LogP contribution in [0.25, 0.3) is 0 Å². The monoisotopic (exact) mass is 491 g/mol. The third-order valence-electron chi connectivity index (χ3n) is 5.91. The Morgan fingerprint density at radius 2 is 1.80 bits per heavy atom. The van der Waals surface area contributed by atoms with Gasteiger partial charge in [0.05, 0.1) is 6.04 Å². The van der Waals surface area contributed by atoms with Crippen LogP contribution < -0.4 is 21.7 Å². The van der Waals surface area contributed by atoms with E-state index in [0.717, 1.165) is 5.56 Å². The van der Waals surface area contributed by atoms with E-state index in [2.05, 4.69) is 16.0 Å². The summed E-state index contributed by atoms with van der Waals surface area (Å²) in [5.41, 5.74) is 5.93. The molecule has 2 rings (SSSR count). The molecule has 0 unspecified atom stereocenters. The largest absolute Gasteiger partial charge is 0.480 e. The second-order valence-corrected chi connectivity index (χ2v) is 9.02. The number of amides is 4. The minimum Gasteiger partial charge on any atom is -0.480 e. The number of hydrogen-bond donors (Lipinski definition) is 5. The lowest BCUT2D eigenvalue weighted by molar-refractivity contribution is -0.142. The molecular weight excluding hydrogens is 454 g/mol. The zero-order valence-corrected chi connectivity index (χ0v) is 20.4. The quantitative estimate of drug-likeness (QED) is 0.276. The number of benzene rings is 1. The van der Waals surface area contributed by atoms with Crippen molar-refractivity contribution in [3.63, 3.8) is 0 Å². The number of ether oxygens (including phenoxy) is 1. The van der Waals surface area contributed by atoms with Crippen molar-refractivity contribution in [2.24, 2.45) is 11.7 Å². The number of likely N-dealkylation sites (tertiary alicyclic amines) is 1. The summed E-state index contributed by atoms with van der Waals surface area (Å²) >= 11 is 0. The molecule has 11 nitrogen and oxygen atoms in total. The highest BCUT2D eigenvalue weighted by molar-refractivity contribution is 5.87. The third kappa shape index (κ3) is 9.81. The van der Waals surface area contributed by atoms with Crippen LogP contribution in [0.2, 0.25) is 0 Å². The van der Waals surface area contributed by atoms with E-state index in [4.69, 9.17) is 10.5 Å². The maximum atomic E-state index is 12.9. The topological polar surface area (TPSA) is 163 Å². The number of primary amides is 1. The first-order valence-electron chi connectivity index (χ1n) is 12.0. The Kier molecular flexibility index (Phi) is 11.3. The number of urea groups is 1. The number of carbonyl (C=O) groups excluding carboxylic acids is 3. The standard InChI is InChI=1S/C24H37N5O6/c1-16(2)20(21(30)28-19(22(31)32)9-6-12-26-23(25)33)27-18-10-13-29(14-11-18)24(34)35-15-17-7-4-3-5-8-17/h3-5,7-8,16,18-20,27H,6,9-15H2,1-2H3,(H,28,30)(H,31,32)(H3,25,26,33)/t19-,20-/m0/s1. The average molecular weight is 492 g/mol. The lowest BCUT2D eigenvalue weighted by atomic mass is 9.98. The lowest BCUT2D eigenvalue weighted by Crippen LogP contribution is -2.56. The van der Waals surface area contributed by atoms with Gasteiger partial charge in [0.1, 0.15) is 12.6 Å². The Morgan fingerprint density at radius 3 is 2.37 bits per heavy atom. The fraction of sp³-hybridized carbons (Fsp3) is 0.583. The fourth-order valence-electron chi connectivity index (χ4n) is 3.90. The van der Waals surface area contributed by atoms with Crippen molar-refractivity contribution in [3.05, 3.63) is 35.9 Å². The molecule has 0 aromatic heterocycles. The number of nitrogens with zero attached hydrogens (tertiary/aromatic N) is 1. The minimum absolute atomic E-state index is 0.00867. The highest BCUT2D eigenvalue weighted by Crippen LogP contribution is 2.15. The molecule has 0 spiro atoms. The molecule has 11 heteroatoms. The second kappa shape index (κ2) is 14.1. The Bertz CT molecular complexity index is 842. The molecule has 1 heterocycles. The maximum absolute atomic E-state index is 12.9. The van der Waals surface area contributed by atoms with Gasteiger partial charge < -0.3 is 36.4 Å². The first kappa shape index (κ1) is 27.9. The maximum Gasteiger partial charge on any atom is 0.410 e. The Hall–Kier alpha value is -3.34. The number of rotatable bonds is 12. The first-order chi connectivity index (χ1) is 16.7. The summed E-state index contributed by atoms with van der Waals surface area (Å²) in [5, 5.41) is 17.8. The van der Waals surface area contributed by atoms with Gasteiger partial charge in [-0.1, -0.05) is 44.2 Å². The van der Waals surface area contributed by atoms with E-state index in [1.54, 1.807) is 4.90 Å². The fourth-order valence-corrected chi connectivity index (χ4v) is 3.90. The van der Waals surface area contributed by atoms with E-state index in [1.165, 1.54) is 0 Å². The number of piperidine rings is 1. The van der Waals surface area contributed by atoms with Gasteiger partial charge in [0, 0.05) is 25.7 Å². The molecule has 4 amide bonds. The molecule has 35 heavy (non-hydrogen) atoms. The van der Waals surface area contributed by atoms with Crippen molar-refractivity contribution >= 4 is 24.0 Å². The van der Waals surface area contributed by atoms with E-state index in [0.29, 0.717) is 32.4 Å². The van der Waals surface area contributed by atoms with Crippen molar-refractivity contribution in [1.82, 2.24) is 20.9 Å². The van der Waals surface area contributed by atoms with E-state index >= 15 is 0 Å². The SMILES string of the molecule is CC(C)[C@H](NC1CCN(C(=O)OCc2ccccc2)CC1)C(=O)N[C@@H](CCCNC(N)=O)C(=O)O. The molecule has 194 valence electrons. The summed E-state index contributed by atoms with van der Waals surface area (Å²) in [4.78, 5) is 49.3. The van der Waals surface area contributed by atoms with Crippen LogP contribution in [-0.4, -0.2) is 71.8 Å². The second-order valence-electron chi connectivity index (χ2n) is 9.02. The highest BCUT2D eigenvalue weighted by Gasteiger charge is 2.31. The van der Waals surface area contributed by atoms with Crippen LogP contribution >= 0.6 is 0 Å². The van der Waals surface area contributed by atoms with Crippen LogP contribution in [0.3, 0.4) is 0 Å². The molecular formula is C24H37N5O6. The van der Waals surface area contributed by atoms with E-state index in [9.17, 15) is 24.3 Å². The van der Waals surface area contributed by atoms with Crippen molar-refractivity contribution in [2.75, 3.05) is 19.6 Å². The van der Waals surface area contributed by atoms with Crippen molar-refractivity contribution in [1.29, 1.82) is 0 Å². The van der Waals surface area contributed by atoms with Gasteiger partial charge in [-0.2, -0.15) is 0 Å². The smallest absolute Gasteiger partial charge is 0.410 e. The molecule has 0 aliphatic carbocycles. The molecule has 1 fully saturated rings. The van der Waals surface area contributed by atoms with Crippen LogP contribution in [0.5, 0.6) is 0 Å². The summed E-state index contributed by atoms with van der Waals surface area (Å²) in [6.45, 7) is 5.23. The molecule has 1 aromatic rings. The number of nitrogens with two attached hydrogens (primary N) is 1. The third-order valence-corrected chi connectivity index (χ3v) is 5.91. The summed E-state index contributed by atoms with van der Waals surface area (Å²) in [5.74, 6) is -1.60. The van der Waals surface area contributed by atoms with Crippen molar-refractivity contribution in [3.8, 4) is 0 Å². The summed E-state index contributed by atoms with van der Waals surface area (Å²) in [6, 6.07) is 7.16. The normalized spacial score (nSPS) is 15.8. The molecule has 1 aromatic carbocycles. The van der Waals surface area contributed by atoms with Crippen LogP contribution in [0.15, 0.2) is 30.3 Å². The van der Waals surface area contributed by atoms with Gasteiger partial charge in [0.25, 0.3) is 0 Å². The molecule has 0 bridgehead atoms. The molecule has 0 saturated carbocycles. The number of nitrogens with one attached hydrogen (secondary N) is 3. The molecule has 0 radical (unpaired) electrons. The Labute approximate surface area is 205 Å². The number of aliphatic carboxylic acids is 1. The number of hydrogen-bond acceptors (Lipinski definition) is 6. The Balaban J connectivity index is 1.81. The van der Waals surface area contributed by atoms with Gasteiger partial charge in [-0.05, 0) is 37.2 Å². The number of carboxylic acids is 1. The zero-order valence-electron chi connectivity index (χ0n) is 20.4. The predicted molar refractivity (Wildman–Crippen MR) is 129 cm³/mol. The zero-order chi connectivity index (χ0) is 25.8. The molecule has 1 aliphatic rings. The number of carboxylic acid groups (broad SMARTS) is 1. The van der Waals surface area contributed by atoms with Crippen molar-refractivity contribution in [2.45, 2.75) is 64.3 Å². The number of carbonyl (C=O) groups is 4. The molecule has 1 aliphatic heterocycles.